The molecule has 0 unspecified atom stereocenters. The topological polar surface area (TPSA) is 44.1 Å². The lowest BCUT2D eigenvalue weighted by Gasteiger charge is -2.18. The number of carbonyl (C=O) groups excluding carboxylic acids is 1. The summed E-state index contributed by atoms with van der Waals surface area (Å²) in [5, 5.41) is 0. The molecular formula is C17H22N2O2. The number of imidazole rings is 1. The third kappa shape index (κ3) is 2.99. The second kappa shape index (κ2) is 5.72. The van der Waals surface area contributed by atoms with Crippen LogP contribution in [0.4, 0.5) is 0 Å². The maximum Gasteiger partial charge on any atom is 0.357 e. The summed E-state index contributed by atoms with van der Waals surface area (Å²) in [4.78, 5) is 17.0. The van der Waals surface area contributed by atoms with E-state index in [4.69, 9.17) is 9.72 Å². The number of hydrogen-bond donors (Lipinski definition) is 0. The van der Waals surface area contributed by atoms with Crippen molar-refractivity contribution in [2.45, 2.75) is 33.1 Å². The molecule has 2 aromatic rings. The van der Waals surface area contributed by atoms with Gasteiger partial charge in [0.2, 0.25) is 0 Å². The van der Waals surface area contributed by atoms with Crippen molar-refractivity contribution >= 4 is 5.97 Å². The van der Waals surface area contributed by atoms with Gasteiger partial charge >= 0.3 is 5.97 Å². The molecule has 0 saturated heterocycles. The average molecular weight is 286 g/mol. The molecule has 0 radical (unpaired) electrons. The van der Waals surface area contributed by atoms with Crippen LogP contribution in [0, 0.1) is 0 Å². The fourth-order valence-corrected chi connectivity index (χ4v) is 2.40. The van der Waals surface area contributed by atoms with Gasteiger partial charge in [-0.05, 0) is 6.92 Å². The Morgan fingerprint density at radius 3 is 2.38 bits per heavy atom. The van der Waals surface area contributed by atoms with Crippen molar-refractivity contribution in [1.82, 2.24) is 9.55 Å². The molecule has 0 aliphatic heterocycles. The number of hydrogen-bond acceptors (Lipinski definition) is 3. The second-order valence-corrected chi connectivity index (χ2v) is 6.03. The zero-order chi connectivity index (χ0) is 15.6. The molecule has 1 aromatic heterocycles. The van der Waals surface area contributed by atoms with Gasteiger partial charge in [-0.25, -0.2) is 9.78 Å². The molecule has 0 fully saturated rings. The summed E-state index contributed by atoms with van der Waals surface area (Å²) in [7, 11) is 1.87. The summed E-state index contributed by atoms with van der Waals surface area (Å²) >= 11 is 0. The van der Waals surface area contributed by atoms with Gasteiger partial charge in [0.05, 0.1) is 6.61 Å². The first kappa shape index (κ1) is 15.3. The summed E-state index contributed by atoms with van der Waals surface area (Å²) in [6.07, 6.45) is 0. The van der Waals surface area contributed by atoms with E-state index in [1.165, 1.54) is 0 Å². The molecule has 0 bridgehead atoms. The number of carbonyl (C=O) groups is 1. The molecule has 0 aliphatic rings. The Hall–Kier alpha value is -2.10. The van der Waals surface area contributed by atoms with Gasteiger partial charge in [0.25, 0.3) is 0 Å². The van der Waals surface area contributed by atoms with Crippen LogP contribution in [0.15, 0.2) is 30.3 Å². The van der Waals surface area contributed by atoms with Gasteiger partial charge in [-0.3, -0.25) is 0 Å². The smallest absolute Gasteiger partial charge is 0.357 e. The Morgan fingerprint density at radius 2 is 1.86 bits per heavy atom. The van der Waals surface area contributed by atoms with Crippen molar-refractivity contribution in [2.75, 3.05) is 6.61 Å². The molecule has 0 spiro atoms. The number of benzene rings is 1. The summed E-state index contributed by atoms with van der Waals surface area (Å²) in [5.41, 5.74) is 1.96. The normalized spacial score (nSPS) is 11.5. The maximum absolute atomic E-state index is 12.3. The molecule has 112 valence electrons. The minimum atomic E-state index is -0.332. The predicted octanol–water partition coefficient (Wildman–Crippen LogP) is 3.56. The molecule has 0 aliphatic carbocycles. The predicted molar refractivity (Wildman–Crippen MR) is 83.3 cm³/mol. The maximum atomic E-state index is 12.3. The fourth-order valence-electron chi connectivity index (χ4n) is 2.40. The number of nitrogens with zero attached hydrogens (tertiary/aromatic N) is 2. The van der Waals surface area contributed by atoms with Crippen LogP contribution in [-0.2, 0) is 17.2 Å². The van der Waals surface area contributed by atoms with E-state index in [1.54, 1.807) is 6.92 Å². The van der Waals surface area contributed by atoms with Gasteiger partial charge in [-0.15, -0.1) is 0 Å². The first-order valence-electron chi connectivity index (χ1n) is 7.16. The van der Waals surface area contributed by atoms with Crippen molar-refractivity contribution in [3.05, 3.63) is 41.9 Å². The third-order valence-electron chi connectivity index (χ3n) is 3.28. The van der Waals surface area contributed by atoms with Gasteiger partial charge < -0.3 is 9.30 Å². The first-order chi connectivity index (χ1) is 9.86. The Kier molecular flexibility index (Phi) is 4.16. The summed E-state index contributed by atoms with van der Waals surface area (Å²) in [5.74, 6) is 0.534. The molecule has 4 heteroatoms. The van der Waals surface area contributed by atoms with Crippen molar-refractivity contribution in [3.63, 3.8) is 0 Å². The minimum Gasteiger partial charge on any atom is -0.461 e. The highest BCUT2D eigenvalue weighted by molar-refractivity contribution is 5.94. The molecule has 4 nitrogen and oxygen atoms in total. The summed E-state index contributed by atoms with van der Waals surface area (Å²) in [6, 6.07) is 9.74. The summed E-state index contributed by atoms with van der Waals surface area (Å²) < 4.78 is 7.04. The lowest BCUT2D eigenvalue weighted by Crippen LogP contribution is -2.20. The van der Waals surface area contributed by atoms with Crippen LogP contribution in [-0.4, -0.2) is 22.1 Å². The molecule has 0 atom stereocenters. The minimum absolute atomic E-state index is 0.150. The van der Waals surface area contributed by atoms with Crippen LogP contribution < -0.4 is 0 Å². The van der Waals surface area contributed by atoms with E-state index in [0.717, 1.165) is 11.4 Å². The van der Waals surface area contributed by atoms with Crippen LogP contribution in [0.25, 0.3) is 11.3 Å². The van der Waals surface area contributed by atoms with Crippen LogP contribution in [0.5, 0.6) is 0 Å². The van der Waals surface area contributed by atoms with E-state index >= 15 is 0 Å². The Labute approximate surface area is 125 Å². The second-order valence-electron chi connectivity index (χ2n) is 6.03. The van der Waals surface area contributed by atoms with Crippen molar-refractivity contribution < 1.29 is 9.53 Å². The highest BCUT2D eigenvalue weighted by Gasteiger charge is 2.28. The molecule has 1 heterocycles. The third-order valence-corrected chi connectivity index (χ3v) is 3.28. The monoisotopic (exact) mass is 286 g/mol. The molecular weight excluding hydrogens is 264 g/mol. The zero-order valence-electron chi connectivity index (χ0n) is 13.3. The molecule has 0 N–H and O–H groups in total. The van der Waals surface area contributed by atoms with Crippen molar-refractivity contribution in [3.8, 4) is 11.3 Å². The van der Waals surface area contributed by atoms with E-state index in [-0.39, 0.29) is 11.4 Å². The molecule has 0 saturated carbocycles. The number of esters is 1. The Morgan fingerprint density at radius 1 is 1.24 bits per heavy atom. The van der Waals surface area contributed by atoms with Crippen molar-refractivity contribution in [2.24, 2.45) is 7.05 Å². The molecule has 2 rings (SSSR count). The number of ether oxygens (including phenoxy) is 1. The van der Waals surface area contributed by atoms with Crippen LogP contribution in [0.1, 0.15) is 44.0 Å². The largest absolute Gasteiger partial charge is 0.461 e. The van der Waals surface area contributed by atoms with E-state index in [0.29, 0.717) is 18.0 Å². The molecule has 0 amide bonds. The SMILES string of the molecule is CCOC(=O)c1c(-c2ccccc2)nc(C(C)(C)C)n1C. The Bertz CT molecular complexity index is 637. The van der Waals surface area contributed by atoms with Gasteiger partial charge in [0, 0.05) is 18.0 Å². The standard InChI is InChI=1S/C17H22N2O2/c1-6-21-15(20)14-13(12-10-8-7-9-11-12)18-16(19(14)5)17(2,3)4/h7-11H,6H2,1-5H3. The zero-order valence-corrected chi connectivity index (χ0v) is 13.3. The van der Waals surface area contributed by atoms with E-state index in [1.807, 2.05) is 41.9 Å². The van der Waals surface area contributed by atoms with Crippen LogP contribution in [0.2, 0.25) is 0 Å². The van der Waals surface area contributed by atoms with Gasteiger partial charge in [-0.2, -0.15) is 0 Å². The first-order valence-corrected chi connectivity index (χ1v) is 7.16. The highest BCUT2D eigenvalue weighted by atomic mass is 16.5. The van der Waals surface area contributed by atoms with E-state index in [2.05, 4.69) is 20.8 Å². The lowest BCUT2D eigenvalue weighted by molar-refractivity contribution is 0.0515. The quantitative estimate of drug-likeness (QED) is 0.810. The van der Waals surface area contributed by atoms with Gasteiger partial charge in [-0.1, -0.05) is 51.1 Å². The highest BCUT2D eigenvalue weighted by Crippen LogP contribution is 2.29. The number of aromatic nitrogens is 2. The molecule has 21 heavy (non-hydrogen) atoms. The van der Waals surface area contributed by atoms with Crippen molar-refractivity contribution in [1.29, 1.82) is 0 Å². The number of rotatable bonds is 3. The van der Waals surface area contributed by atoms with E-state index < -0.39 is 0 Å². The lowest BCUT2D eigenvalue weighted by atomic mass is 9.96. The van der Waals surface area contributed by atoms with E-state index in [9.17, 15) is 4.79 Å². The van der Waals surface area contributed by atoms with Crippen LogP contribution in [0.3, 0.4) is 0 Å². The average Bonchev–Trinajstić information content (AvgIpc) is 2.77. The van der Waals surface area contributed by atoms with Gasteiger partial charge in [0.1, 0.15) is 11.5 Å². The van der Waals surface area contributed by atoms with Crippen LogP contribution >= 0.6 is 0 Å². The van der Waals surface area contributed by atoms with Gasteiger partial charge in [0.15, 0.2) is 5.69 Å². The Balaban J connectivity index is 2.66. The summed E-state index contributed by atoms with van der Waals surface area (Å²) in [6.45, 7) is 8.40. The molecule has 1 aromatic carbocycles. The fraction of sp³-hybridized carbons (Fsp3) is 0.412.